The first-order valence-electron chi connectivity index (χ1n) is 4.35. The van der Waals surface area contributed by atoms with Gasteiger partial charge in [-0.2, -0.15) is 0 Å². The van der Waals surface area contributed by atoms with E-state index in [1.165, 1.54) is 20.3 Å². The molecule has 0 radical (unpaired) electrons. The minimum absolute atomic E-state index is 0.0488. The summed E-state index contributed by atoms with van der Waals surface area (Å²) in [4.78, 5) is 11.2. The zero-order valence-corrected chi connectivity index (χ0v) is 9.17. The average molecular weight is 229 g/mol. The number of nitrogen functional groups attached to an aromatic ring is 1. The summed E-state index contributed by atoms with van der Waals surface area (Å²) in [5.41, 5.74) is 4.89. The minimum Gasteiger partial charge on any atom is -0.493 e. The van der Waals surface area contributed by atoms with Gasteiger partial charge in [0.2, 0.25) is 0 Å². The average Bonchev–Trinajstić information content (AvgIpc) is 2.31. The Labute approximate surface area is 91.9 Å². The molecule has 1 aromatic rings. The number of carbonyl (C=O) groups excluding carboxylic acids is 1. The molecule has 0 aromatic heterocycles. The van der Waals surface area contributed by atoms with Crippen molar-refractivity contribution in [3.8, 4) is 11.5 Å². The number of anilines is 1. The molecule has 16 heavy (non-hydrogen) atoms. The van der Waals surface area contributed by atoms with E-state index in [1.54, 1.807) is 0 Å². The number of nitrogens with two attached hydrogens (primary N) is 1. The van der Waals surface area contributed by atoms with Crippen molar-refractivity contribution in [1.29, 1.82) is 0 Å². The Balaban J connectivity index is 3.44. The summed E-state index contributed by atoms with van der Waals surface area (Å²) in [5.74, 6) is -1.50. The first-order chi connectivity index (χ1) is 7.56. The van der Waals surface area contributed by atoms with Crippen LogP contribution in [0.1, 0.15) is 10.4 Å². The van der Waals surface area contributed by atoms with Crippen molar-refractivity contribution in [2.75, 3.05) is 27.1 Å². The number of esters is 1. The highest BCUT2D eigenvalue weighted by Gasteiger charge is 2.22. The van der Waals surface area contributed by atoms with Crippen molar-refractivity contribution >= 4 is 11.7 Å². The molecule has 0 saturated carbocycles. The number of ether oxygens (including phenoxy) is 3. The van der Waals surface area contributed by atoms with Crippen molar-refractivity contribution in [2.45, 2.75) is 0 Å². The van der Waals surface area contributed by atoms with E-state index < -0.39 is 11.8 Å². The van der Waals surface area contributed by atoms with Gasteiger partial charge in [0.05, 0.1) is 21.3 Å². The molecule has 1 rings (SSSR count). The van der Waals surface area contributed by atoms with Crippen LogP contribution >= 0.6 is 0 Å². The van der Waals surface area contributed by atoms with Gasteiger partial charge in [-0.3, -0.25) is 0 Å². The van der Waals surface area contributed by atoms with Crippen molar-refractivity contribution in [1.82, 2.24) is 0 Å². The van der Waals surface area contributed by atoms with Gasteiger partial charge < -0.3 is 19.9 Å². The standard InChI is InChI=1S/C10H12FNO4/c1-14-6-4-5(10(13)16-3)7(11)8(12)9(6)15-2/h4H,12H2,1-3H3. The summed E-state index contributed by atoms with van der Waals surface area (Å²) in [7, 11) is 3.83. The molecule has 88 valence electrons. The predicted octanol–water partition coefficient (Wildman–Crippen LogP) is 1.21. The highest BCUT2D eigenvalue weighted by molar-refractivity contribution is 5.92. The largest absolute Gasteiger partial charge is 0.493 e. The molecular formula is C10H12FNO4. The number of rotatable bonds is 3. The highest BCUT2D eigenvalue weighted by atomic mass is 19.1. The maximum atomic E-state index is 13.6. The van der Waals surface area contributed by atoms with E-state index in [0.717, 1.165) is 7.11 Å². The maximum absolute atomic E-state index is 13.6. The van der Waals surface area contributed by atoms with Gasteiger partial charge in [0, 0.05) is 6.07 Å². The van der Waals surface area contributed by atoms with E-state index in [0.29, 0.717) is 0 Å². The van der Waals surface area contributed by atoms with E-state index in [2.05, 4.69) is 4.74 Å². The fourth-order valence-corrected chi connectivity index (χ4v) is 1.26. The summed E-state index contributed by atoms with van der Waals surface area (Å²) in [5, 5.41) is 0. The Morgan fingerprint density at radius 1 is 1.31 bits per heavy atom. The van der Waals surface area contributed by atoms with E-state index in [4.69, 9.17) is 15.2 Å². The predicted molar refractivity (Wildman–Crippen MR) is 55.3 cm³/mol. The van der Waals surface area contributed by atoms with E-state index in [-0.39, 0.29) is 22.7 Å². The zero-order chi connectivity index (χ0) is 12.3. The van der Waals surface area contributed by atoms with E-state index in [1.807, 2.05) is 0 Å². The van der Waals surface area contributed by atoms with Crippen molar-refractivity contribution in [3.05, 3.63) is 17.4 Å². The van der Waals surface area contributed by atoms with Crippen LogP contribution in [0.25, 0.3) is 0 Å². The van der Waals surface area contributed by atoms with Crippen LogP contribution in [0.5, 0.6) is 11.5 Å². The Morgan fingerprint density at radius 3 is 2.38 bits per heavy atom. The van der Waals surface area contributed by atoms with Crippen molar-refractivity contribution < 1.29 is 23.4 Å². The molecule has 1 aromatic carbocycles. The van der Waals surface area contributed by atoms with Gasteiger partial charge in [-0.05, 0) is 0 Å². The SMILES string of the molecule is COC(=O)c1cc(OC)c(OC)c(N)c1F. The van der Waals surface area contributed by atoms with Crippen molar-refractivity contribution in [3.63, 3.8) is 0 Å². The van der Waals surface area contributed by atoms with Gasteiger partial charge in [-0.25, -0.2) is 9.18 Å². The number of hydrogen-bond acceptors (Lipinski definition) is 5. The fraction of sp³-hybridized carbons (Fsp3) is 0.300. The molecule has 0 aliphatic heterocycles. The van der Waals surface area contributed by atoms with E-state index in [9.17, 15) is 9.18 Å². The fourth-order valence-electron chi connectivity index (χ4n) is 1.26. The molecule has 0 aliphatic rings. The van der Waals surface area contributed by atoms with Gasteiger partial charge in [0.25, 0.3) is 0 Å². The summed E-state index contributed by atoms with van der Waals surface area (Å²) in [6.45, 7) is 0. The molecule has 0 heterocycles. The minimum atomic E-state index is -0.885. The second-order valence-corrected chi connectivity index (χ2v) is 2.88. The van der Waals surface area contributed by atoms with Crippen LogP contribution in [0, 0.1) is 5.82 Å². The Morgan fingerprint density at radius 2 is 1.94 bits per heavy atom. The molecule has 6 heteroatoms. The summed E-state index contributed by atoms with van der Waals surface area (Å²) in [6.07, 6.45) is 0. The molecule has 0 bridgehead atoms. The molecule has 0 fully saturated rings. The lowest BCUT2D eigenvalue weighted by Crippen LogP contribution is -2.09. The monoisotopic (exact) mass is 229 g/mol. The topological polar surface area (TPSA) is 70.8 Å². The van der Waals surface area contributed by atoms with Crippen LogP contribution in [0.2, 0.25) is 0 Å². The van der Waals surface area contributed by atoms with Gasteiger partial charge >= 0.3 is 5.97 Å². The molecule has 0 atom stereocenters. The summed E-state index contributed by atoms with van der Waals surface area (Å²) in [6, 6.07) is 1.18. The number of benzene rings is 1. The van der Waals surface area contributed by atoms with Crippen LogP contribution in [-0.2, 0) is 4.74 Å². The molecule has 0 amide bonds. The second-order valence-electron chi connectivity index (χ2n) is 2.88. The lowest BCUT2D eigenvalue weighted by Gasteiger charge is -2.12. The summed E-state index contributed by atoms with van der Waals surface area (Å²) < 4.78 is 27.9. The first-order valence-corrected chi connectivity index (χ1v) is 4.35. The van der Waals surface area contributed by atoms with Crippen LogP contribution in [-0.4, -0.2) is 27.3 Å². The molecule has 0 unspecified atom stereocenters. The smallest absolute Gasteiger partial charge is 0.341 e. The second kappa shape index (κ2) is 4.69. The maximum Gasteiger partial charge on any atom is 0.341 e. The van der Waals surface area contributed by atoms with Gasteiger partial charge in [0.15, 0.2) is 17.3 Å². The van der Waals surface area contributed by atoms with Crippen LogP contribution in [0.4, 0.5) is 10.1 Å². The summed E-state index contributed by atoms with van der Waals surface area (Å²) >= 11 is 0. The van der Waals surface area contributed by atoms with Gasteiger partial charge in [-0.15, -0.1) is 0 Å². The third kappa shape index (κ3) is 1.86. The number of carbonyl (C=O) groups is 1. The van der Waals surface area contributed by atoms with Gasteiger partial charge in [0.1, 0.15) is 11.3 Å². The molecule has 2 N–H and O–H groups in total. The molecule has 0 spiro atoms. The molecular weight excluding hydrogens is 217 g/mol. The normalized spacial score (nSPS) is 9.75. The quantitative estimate of drug-likeness (QED) is 0.623. The molecule has 0 saturated heterocycles. The lowest BCUT2D eigenvalue weighted by molar-refractivity contribution is 0.0595. The third-order valence-electron chi connectivity index (χ3n) is 2.05. The highest BCUT2D eigenvalue weighted by Crippen LogP contribution is 2.37. The lowest BCUT2D eigenvalue weighted by atomic mass is 10.1. The Hall–Kier alpha value is -1.98. The Bertz CT molecular complexity index is 420. The van der Waals surface area contributed by atoms with E-state index >= 15 is 0 Å². The Kier molecular flexibility index (Phi) is 3.55. The van der Waals surface area contributed by atoms with Crippen LogP contribution < -0.4 is 15.2 Å². The number of hydrogen-bond donors (Lipinski definition) is 1. The molecule has 0 aliphatic carbocycles. The number of methoxy groups -OCH3 is 3. The third-order valence-corrected chi connectivity index (χ3v) is 2.05. The zero-order valence-electron chi connectivity index (χ0n) is 9.17. The van der Waals surface area contributed by atoms with Crippen LogP contribution in [0.3, 0.4) is 0 Å². The van der Waals surface area contributed by atoms with Gasteiger partial charge in [-0.1, -0.05) is 0 Å². The number of halogens is 1. The van der Waals surface area contributed by atoms with Crippen LogP contribution in [0.15, 0.2) is 6.07 Å². The van der Waals surface area contributed by atoms with Crippen molar-refractivity contribution in [2.24, 2.45) is 0 Å². The first kappa shape index (κ1) is 12.1. The molecule has 5 nitrogen and oxygen atoms in total.